The largest absolute Gasteiger partial charge is 0.469 e. The molecule has 0 aliphatic carbocycles. The fourth-order valence-corrected chi connectivity index (χ4v) is 4.67. The Morgan fingerprint density at radius 3 is 2.73 bits per heavy atom. The van der Waals surface area contributed by atoms with Crippen molar-refractivity contribution in [1.29, 1.82) is 0 Å². The van der Waals surface area contributed by atoms with E-state index < -0.39 is 15.2 Å². The van der Waals surface area contributed by atoms with Crippen LogP contribution in [-0.4, -0.2) is 28.8 Å². The van der Waals surface area contributed by atoms with Gasteiger partial charge in [-0.15, -0.1) is 0 Å². The molecule has 0 aromatic carbocycles. The van der Waals surface area contributed by atoms with Crippen molar-refractivity contribution >= 4 is 26.6 Å². The van der Waals surface area contributed by atoms with Crippen LogP contribution >= 0.6 is 10.8 Å². The van der Waals surface area contributed by atoms with Crippen LogP contribution in [0, 0.1) is 5.41 Å². The molecule has 0 aromatic heterocycles. The van der Waals surface area contributed by atoms with E-state index in [0.29, 0.717) is 11.5 Å². The molecule has 0 bridgehead atoms. The fraction of sp³-hybridized carbons (Fsp3) is 0.833. The number of carbonyl (C=O) groups is 1. The molecule has 2 unspecified atom stereocenters. The highest BCUT2D eigenvalue weighted by atomic mass is 33.1. The topological polar surface area (TPSA) is 43.4 Å². The van der Waals surface area contributed by atoms with Crippen molar-refractivity contribution in [2.45, 2.75) is 6.92 Å². The minimum absolute atomic E-state index is 0.254. The SMILES string of the molecule is COC(=O)C1(C)CSS(=O)C1. The molecule has 1 heterocycles. The summed E-state index contributed by atoms with van der Waals surface area (Å²) in [5, 5.41) is 0. The van der Waals surface area contributed by atoms with Crippen molar-refractivity contribution in [3.63, 3.8) is 0 Å². The van der Waals surface area contributed by atoms with E-state index in [0.717, 1.165) is 0 Å². The van der Waals surface area contributed by atoms with Gasteiger partial charge >= 0.3 is 5.97 Å². The highest BCUT2D eigenvalue weighted by molar-refractivity contribution is 8.69. The van der Waals surface area contributed by atoms with E-state index in [4.69, 9.17) is 0 Å². The van der Waals surface area contributed by atoms with Crippen LogP contribution in [0.1, 0.15) is 6.92 Å². The summed E-state index contributed by atoms with van der Waals surface area (Å²) in [4.78, 5) is 11.1. The second-order valence-corrected chi connectivity index (χ2v) is 6.01. The Labute approximate surface area is 71.7 Å². The van der Waals surface area contributed by atoms with Crippen LogP contribution in [0.15, 0.2) is 0 Å². The zero-order chi connectivity index (χ0) is 8.48. The van der Waals surface area contributed by atoms with Gasteiger partial charge in [0.05, 0.1) is 28.1 Å². The summed E-state index contributed by atoms with van der Waals surface area (Å²) < 4.78 is 15.5. The second-order valence-electron chi connectivity index (χ2n) is 2.76. The van der Waals surface area contributed by atoms with Gasteiger partial charge in [-0.25, -0.2) is 4.21 Å². The van der Waals surface area contributed by atoms with Crippen molar-refractivity contribution in [1.82, 2.24) is 0 Å². The number of hydrogen-bond donors (Lipinski definition) is 0. The first-order valence-electron chi connectivity index (χ1n) is 3.18. The smallest absolute Gasteiger partial charge is 0.313 e. The van der Waals surface area contributed by atoms with E-state index in [2.05, 4.69) is 4.74 Å². The quantitative estimate of drug-likeness (QED) is 0.452. The maximum absolute atomic E-state index is 11.1. The maximum Gasteiger partial charge on any atom is 0.313 e. The summed E-state index contributed by atoms with van der Waals surface area (Å²) >= 11 is 0. The molecule has 1 saturated heterocycles. The second kappa shape index (κ2) is 3.15. The van der Waals surface area contributed by atoms with E-state index in [9.17, 15) is 9.00 Å². The summed E-state index contributed by atoms with van der Waals surface area (Å²) in [7, 11) is 1.78. The third-order valence-electron chi connectivity index (χ3n) is 1.62. The number of ether oxygens (including phenoxy) is 1. The Hall–Kier alpha value is -0.0300. The Balaban J connectivity index is 2.69. The number of rotatable bonds is 1. The molecule has 1 aliphatic rings. The summed E-state index contributed by atoms with van der Waals surface area (Å²) in [5.74, 6) is 0.771. The average molecular weight is 194 g/mol. The Morgan fingerprint density at radius 2 is 2.36 bits per heavy atom. The molecule has 5 heteroatoms. The first-order chi connectivity index (χ1) is 5.08. The maximum atomic E-state index is 11.1. The zero-order valence-electron chi connectivity index (χ0n) is 6.46. The molecule has 1 aliphatic heterocycles. The van der Waals surface area contributed by atoms with Gasteiger partial charge in [0.2, 0.25) is 0 Å². The van der Waals surface area contributed by atoms with Crippen molar-refractivity contribution < 1.29 is 13.7 Å². The molecule has 0 aromatic rings. The minimum atomic E-state index is -0.899. The summed E-state index contributed by atoms with van der Waals surface area (Å²) in [6, 6.07) is 0. The molecule has 0 N–H and O–H groups in total. The van der Waals surface area contributed by atoms with Gasteiger partial charge in [-0.3, -0.25) is 4.79 Å². The molecular weight excluding hydrogens is 184 g/mol. The lowest BCUT2D eigenvalue weighted by Gasteiger charge is -2.16. The van der Waals surface area contributed by atoms with Gasteiger partial charge in [0, 0.05) is 5.75 Å². The van der Waals surface area contributed by atoms with E-state index in [1.54, 1.807) is 6.92 Å². The zero-order valence-corrected chi connectivity index (χ0v) is 8.09. The molecule has 0 spiro atoms. The Bertz CT molecular complexity index is 204. The van der Waals surface area contributed by atoms with E-state index >= 15 is 0 Å². The first-order valence-corrected chi connectivity index (χ1v) is 6.01. The van der Waals surface area contributed by atoms with E-state index in [1.807, 2.05) is 0 Å². The Morgan fingerprint density at radius 1 is 1.73 bits per heavy atom. The number of carbonyl (C=O) groups excluding carboxylic acids is 1. The lowest BCUT2D eigenvalue weighted by Crippen LogP contribution is -2.31. The average Bonchev–Trinajstić information content (AvgIpc) is 2.31. The molecule has 1 fully saturated rings. The van der Waals surface area contributed by atoms with Crippen molar-refractivity contribution in [2.75, 3.05) is 18.6 Å². The van der Waals surface area contributed by atoms with Gasteiger partial charge in [0.1, 0.15) is 0 Å². The van der Waals surface area contributed by atoms with Gasteiger partial charge in [-0.1, -0.05) is 10.8 Å². The summed E-state index contributed by atoms with van der Waals surface area (Å²) in [6.45, 7) is 1.79. The molecule has 0 radical (unpaired) electrons. The van der Waals surface area contributed by atoms with Crippen LogP contribution in [-0.2, 0) is 19.4 Å². The number of methoxy groups -OCH3 is 1. The molecule has 11 heavy (non-hydrogen) atoms. The third kappa shape index (κ3) is 1.76. The van der Waals surface area contributed by atoms with Gasteiger partial charge in [0.25, 0.3) is 0 Å². The molecule has 2 atom stereocenters. The number of esters is 1. The van der Waals surface area contributed by atoms with Gasteiger partial charge < -0.3 is 4.74 Å². The highest BCUT2D eigenvalue weighted by Crippen LogP contribution is 2.35. The van der Waals surface area contributed by atoms with Crippen LogP contribution in [0.3, 0.4) is 0 Å². The summed E-state index contributed by atoms with van der Waals surface area (Å²) in [6.07, 6.45) is 0. The normalized spacial score (nSPS) is 37.1. The standard InChI is InChI=1S/C6H10O3S2/c1-6(5(7)9-2)3-10-11(8)4-6/h3-4H2,1-2H3. The summed E-state index contributed by atoms with van der Waals surface area (Å²) in [5.41, 5.74) is -0.524. The molecule has 64 valence electrons. The van der Waals surface area contributed by atoms with Crippen LogP contribution in [0.2, 0.25) is 0 Å². The lowest BCUT2D eigenvalue weighted by molar-refractivity contribution is -0.149. The van der Waals surface area contributed by atoms with Crippen molar-refractivity contribution in [3.8, 4) is 0 Å². The van der Waals surface area contributed by atoms with E-state index in [1.165, 1.54) is 17.9 Å². The molecule has 1 rings (SSSR count). The number of hydrogen-bond acceptors (Lipinski definition) is 4. The predicted molar refractivity (Wildman–Crippen MR) is 45.6 cm³/mol. The van der Waals surface area contributed by atoms with Gasteiger partial charge in [-0.2, -0.15) is 0 Å². The van der Waals surface area contributed by atoms with Crippen LogP contribution < -0.4 is 0 Å². The van der Waals surface area contributed by atoms with Crippen molar-refractivity contribution in [3.05, 3.63) is 0 Å². The van der Waals surface area contributed by atoms with E-state index in [-0.39, 0.29) is 5.97 Å². The fourth-order valence-electron chi connectivity index (χ4n) is 0.903. The third-order valence-corrected chi connectivity index (χ3v) is 5.01. The first kappa shape index (κ1) is 9.06. The van der Waals surface area contributed by atoms with Gasteiger partial charge in [0.15, 0.2) is 0 Å². The van der Waals surface area contributed by atoms with Crippen molar-refractivity contribution in [2.24, 2.45) is 5.41 Å². The predicted octanol–water partition coefficient (Wildman–Crippen LogP) is 0.576. The monoisotopic (exact) mass is 194 g/mol. The molecular formula is C6H10O3S2. The molecule has 0 saturated carbocycles. The van der Waals surface area contributed by atoms with Crippen LogP contribution in [0.5, 0.6) is 0 Å². The van der Waals surface area contributed by atoms with Crippen LogP contribution in [0.4, 0.5) is 0 Å². The molecule has 0 amide bonds. The van der Waals surface area contributed by atoms with Gasteiger partial charge in [-0.05, 0) is 6.92 Å². The van der Waals surface area contributed by atoms with Crippen LogP contribution in [0.25, 0.3) is 0 Å². The minimum Gasteiger partial charge on any atom is -0.469 e. The molecule has 3 nitrogen and oxygen atoms in total. The highest BCUT2D eigenvalue weighted by Gasteiger charge is 2.41. The Kier molecular flexibility index (Phi) is 2.59. The lowest BCUT2D eigenvalue weighted by atomic mass is 9.97.